The summed E-state index contributed by atoms with van der Waals surface area (Å²) < 4.78 is 0. The summed E-state index contributed by atoms with van der Waals surface area (Å²) in [6, 6.07) is 0. The van der Waals surface area contributed by atoms with E-state index in [1.54, 1.807) is 27.7 Å². The van der Waals surface area contributed by atoms with Crippen molar-refractivity contribution in [3.63, 3.8) is 0 Å². The average molecular weight is 244 g/mol. The summed E-state index contributed by atoms with van der Waals surface area (Å²) in [5, 5.41) is 18.7. The lowest BCUT2D eigenvalue weighted by Crippen LogP contribution is -2.49. The first-order valence-corrected chi connectivity index (χ1v) is 6.05. The Morgan fingerprint density at radius 2 is 1.59 bits per heavy atom. The Bertz CT molecular complexity index is 290. The predicted molar refractivity (Wildman–Crippen MR) is 65.8 cm³/mol. The van der Waals surface area contributed by atoms with Crippen molar-refractivity contribution in [3.8, 4) is 0 Å². The maximum atomic E-state index is 11.5. The van der Waals surface area contributed by atoms with E-state index in [2.05, 4.69) is 0 Å². The van der Waals surface area contributed by atoms with Gasteiger partial charge in [0.2, 0.25) is 0 Å². The topological polar surface area (TPSA) is 74.6 Å². The van der Waals surface area contributed by atoms with Gasteiger partial charge in [-0.2, -0.15) is 0 Å². The minimum absolute atomic E-state index is 0.409. The van der Waals surface area contributed by atoms with Gasteiger partial charge in [0.1, 0.15) is 0 Å². The van der Waals surface area contributed by atoms with Gasteiger partial charge < -0.3 is 10.2 Å². The largest absolute Gasteiger partial charge is 0.481 e. The van der Waals surface area contributed by atoms with E-state index in [1.165, 1.54) is 0 Å². The zero-order valence-corrected chi connectivity index (χ0v) is 11.4. The summed E-state index contributed by atoms with van der Waals surface area (Å²) in [5.74, 6) is -2.90. The molecular formula is C13H24O4. The second-order valence-corrected chi connectivity index (χ2v) is 5.79. The van der Waals surface area contributed by atoms with Gasteiger partial charge in [0, 0.05) is 0 Å². The molecule has 0 aromatic heterocycles. The van der Waals surface area contributed by atoms with Crippen LogP contribution in [0.1, 0.15) is 53.9 Å². The third-order valence-electron chi connectivity index (χ3n) is 3.84. The fraction of sp³-hybridized carbons (Fsp3) is 0.846. The van der Waals surface area contributed by atoms with E-state index in [4.69, 9.17) is 0 Å². The van der Waals surface area contributed by atoms with Crippen LogP contribution < -0.4 is 0 Å². The van der Waals surface area contributed by atoms with Crippen molar-refractivity contribution < 1.29 is 19.8 Å². The van der Waals surface area contributed by atoms with Crippen molar-refractivity contribution in [2.24, 2.45) is 16.7 Å². The van der Waals surface area contributed by atoms with E-state index >= 15 is 0 Å². The number of carboxylic acids is 2. The molecule has 0 aromatic carbocycles. The molecule has 4 heteroatoms. The highest BCUT2D eigenvalue weighted by molar-refractivity contribution is 5.83. The van der Waals surface area contributed by atoms with E-state index in [-0.39, 0.29) is 0 Å². The van der Waals surface area contributed by atoms with E-state index < -0.39 is 28.7 Å². The molecule has 0 aliphatic carbocycles. The van der Waals surface area contributed by atoms with Crippen LogP contribution in [0.3, 0.4) is 0 Å². The Kier molecular flexibility index (Phi) is 5.17. The highest BCUT2D eigenvalue weighted by atomic mass is 16.4. The Morgan fingerprint density at radius 1 is 1.12 bits per heavy atom. The lowest BCUT2D eigenvalue weighted by molar-refractivity contribution is -0.170. The molecule has 2 unspecified atom stereocenters. The van der Waals surface area contributed by atoms with Crippen molar-refractivity contribution >= 4 is 11.9 Å². The summed E-state index contributed by atoms with van der Waals surface area (Å²) >= 11 is 0. The third-order valence-corrected chi connectivity index (χ3v) is 3.84. The highest BCUT2D eigenvalue weighted by Gasteiger charge is 2.53. The van der Waals surface area contributed by atoms with Crippen LogP contribution in [-0.2, 0) is 9.59 Å². The van der Waals surface area contributed by atoms with Crippen molar-refractivity contribution in [2.75, 3.05) is 0 Å². The molecule has 17 heavy (non-hydrogen) atoms. The van der Waals surface area contributed by atoms with E-state index in [1.807, 2.05) is 6.92 Å². The molecule has 0 bridgehead atoms. The van der Waals surface area contributed by atoms with Gasteiger partial charge in [0.05, 0.1) is 11.3 Å². The van der Waals surface area contributed by atoms with Crippen LogP contribution in [0.5, 0.6) is 0 Å². The van der Waals surface area contributed by atoms with Gasteiger partial charge >= 0.3 is 11.9 Å². The Hall–Kier alpha value is -1.06. The summed E-state index contributed by atoms with van der Waals surface area (Å²) in [6.07, 6.45) is 2.01. The van der Waals surface area contributed by atoms with Crippen LogP contribution in [0.15, 0.2) is 0 Å². The molecule has 2 atom stereocenters. The molecule has 4 nitrogen and oxygen atoms in total. The fourth-order valence-electron chi connectivity index (χ4n) is 2.06. The number of carboxylic acid groups (broad SMARTS) is 2. The Balaban J connectivity index is 5.39. The standard InChI is InChI=1S/C13H24O4/c1-6-7-8-9(10(14)15)13(5,11(16)17)12(2,3)4/h9H,6-8H2,1-5H3,(H,14,15)(H,16,17). The highest BCUT2D eigenvalue weighted by Crippen LogP contribution is 2.46. The summed E-state index contributed by atoms with van der Waals surface area (Å²) in [6.45, 7) is 8.85. The zero-order chi connectivity index (χ0) is 13.9. The molecule has 0 heterocycles. The first-order valence-electron chi connectivity index (χ1n) is 6.05. The van der Waals surface area contributed by atoms with Crippen molar-refractivity contribution in [3.05, 3.63) is 0 Å². The third kappa shape index (κ3) is 3.20. The molecule has 0 fully saturated rings. The number of aliphatic carboxylic acids is 2. The second-order valence-electron chi connectivity index (χ2n) is 5.79. The number of unbranched alkanes of at least 4 members (excludes halogenated alkanes) is 1. The van der Waals surface area contributed by atoms with Crippen molar-refractivity contribution in [1.29, 1.82) is 0 Å². The number of rotatable bonds is 6. The van der Waals surface area contributed by atoms with Crippen LogP contribution >= 0.6 is 0 Å². The smallest absolute Gasteiger partial charge is 0.310 e. The molecule has 0 saturated heterocycles. The second kappa shape index (κ2) is 5.52. The van der Waals surface area contributed by atoms with Gasteiger partial charge in [-0.05, 0) is 18.8 Å². The summed E-state index contributed by atoms with van der Waals surface area (Å²) in [7, 11) is 0. The number of carbonyl (C=O) groups is 2. The summed E-state index contributed by atoms with van der Waals surface area (Å²) in [4.78, 5) is 22.9. The van der Waals surface area contributed by atoms with Crippen LogP contribution in [0.2, 0.25) is 0 Å². The van der Waals surface area contributed by atoms with E-state index in [0.29, 0.717) is 6.42 Å². The van der Waals surface area contributed by atoms with Gasteiger partial charge in [0.25, 0.3) is 0 Å². The van der Waals surface area contributed by atoms with Gasteiger partial charge in [-0.3, -0.25) is 9.59 Å². The first-order chi connectivity index (χ1) is 7.59. The fourth-order valence-corrected chi connectivity index (χ4v) is 2.06. The van der Waals surface area contributed by atoms with Crippen molar-refractivity contribution in [1.82, 2.24) is 0 Å². The van der Waals surface area contributed by atoms with Gasteiger partial charge in [-0.1, -0.05) is 40.5 Å². The molecule has 100 valence electrons. The number of hydrogen-bond acceptors (Lipinski definition) is 2. The van der Waals surface area contributed by atoms with E-state index in [0.717, 1.165) is 12.8 Å². The molecule has 0 saturated carbocycles. The molecular weight excluding hydrogens is 220 g/mol. The summed E-state index contributed by atoms with van der Waals surface area (Å²) in [5.41, 5.74) is -1.86. The molecule has 0 aromatic rings. The van der Waals surface area contributed by atoms with E-state index in [9.17, 15) is 19.8 Å². The quantitative estimate of drug-likeness (QED) is 0.753. The van der Waals surface area contributed by atoms with Crippen LogP contribution in [0.25, 0.3) is 0 Å². The van der Waals surface area contributed by atoms with Crippen LogP contribution in [0, 0.1) is 16.7 Å². The first kappa shape index (κ1) is 15.9. The molecule has 0 aliphatic heterocycles. The van der Waals surface area contributed by atoms with Crippen molar-refractivity contribution in [2.45, 2.75) is 53.9 Å². The normalized spacial score (nSPS) is 17.2. The molecule has 2 N–H and O–H groups in total. The molecule has 0 radical (unpaired) electrons. The van der Waals surface area contributed by atoms with Gasteiger partial charge in [-0.15, -0.1) is 0 Å². The Morgan fingerprint density at radius 3 is 1.82 bits per heavy atom. The van der Waals surface area contributed by atoms with Crippen LogP contribution in [-0.4, -0.2) is 22.2 Å². The van der Waals surface area contributed by atoms with Crippen LogP contribution in [0.4, 0.5) is 0 Å². The lowest BCUT2D eigenvalue weighted by atomic mass is 9.59. The monoisotopic (exact) mass is 244 g/mol. The lowest BCUT2D eigenvalue weighted by Gasteiger charge is -2.42. The zero-order valence-electron chi connectivity index (χ0n) is 11.4. The Labute approximate surface area is 103 Å². The maximum Gasteiger partial charge on any atom is 0.310 e. The van der Waals surface area contributed by atoms with Gasteiger partial charge in [0.15, 0.2) is 0 Å². The maximum absolute atomic E-state index is 11.5. The molecule has 0 spiro atoms. The predicted octanol–water partition coefficient (Wildman–Crippen LogP) is 3.01. The average Bonchev–Trinajstić information content (AvgIpc) is 2.15. The number of hydrogen-bond donors (Lipinski definition) is 2. The molecule has 0 rings (SSSR count). The minimum Gasteiger partial charge on any atom is -0.481 e. The SMILES string of the molecule is CCCCC(C(=O)O)C(C)(C(=O)O)C(C)(C)C. The molecule has 0 amide bonds. The van der Waals surface area contributed by atoms with Gasteiger partial charge in [-0.25, -0.2) is 0 Å². The minimum atomic E-state index is -1.26. The molecule has 0 aliphatic rings.